The number of aromatic nitrogens is 3. The minimum absolute atomic E-state index is 0.437. The van der Waals surface area contributed by atoms with E-state index < -0.39 is 11.7 Å². The number of fused-ring (bicyclic) bond motifs is 2. The third-order valence-electron chi connectivity index (χ3n) is 6.60. The van der Waals surface area contributed by atoms with Gasteiger partial charge in [-0.3, -0.25) is 9.78 Å². The van der Waals surface area contributed by atoms with Gasteiger partial charge in [-0.25, -0.2) is 14.4 Å². The Bertz CT molecular complexity index is 1250. The molecule has 1 amide bonds. The summed E-state index contributed by atoms with van der Waals surface area (Å²) < 4.78 is 13.4. The van der Waals surface area contributed by atoms with Crippen molar-refractivity contribution in [3.8, 4) is 0 Å². The van der Waals surface area contributed by atoms with Crippen LogP contribution in [0.2, 0.25) is 5.02 Å². The number of benzene rings is 1. The van der Waals surface area contributed by atoms with Crippen LogP contribution in [0.25, 0.3) is 10.8 Å². The molecule has 4 heterocycles. The summed E-state index contributed by atoms with van der Waals surface area (Å²) in [6.07, 6.45) is 7.80. The summed E-state index contributed by atoms with van der Waals surface area (Å²) in [5.41, 5.74) is 3.11. The molecule has 7 nitrogen and oxygen atoms in total. The van der Waals surface area contributed by atoms with Crippen molar-refractivity contribution in [2.24, 2.45) is 0 Å². The van der Waals surface area contributed by atoms with Gasteiger partial charge in [-0.15, -0.1) is 0 Å². The highest BCUT2D eigenvalue weighted by Crippen LogP contribution is 2.35. The largest absolute Gasteiger partial charge is 0.363 e. The molecule has 2 aliphatic rings. The van der Waals surface area contributed by atoms with Gasteiger partial charge in [-0.05, 0) is 25.3 Å². The van der Waals surface area contributed by atoms with Crippen molar-refractivity contribution in [3.05, 3.63) is 65.6 Å². The number of hydrogen-bond acceptors (Lipinski definition) is 6. The molecule has 0 bridgehead atoms. The van der Waals surface area contributed by atoms with E-state index in [1.54, 1.807) is 11.2 Å². The molecular formula is C25H26ClFN6O. The molecule has 2 aliphatic heterocycles. The number of nitrogens with zero attached hydrogens (tertiary/aromatic N) is 6. The first-order chi connectivity index (χ1) is 16.5. The van der Waals surface area contributed by atoms with E-state index >= 15 is 0 Å². The van der Waals surface area contributed by atoms with Gasteiger partial charge in [0.1, 0.15) is 12.1 Å². The van der Waals surface area contributed by atoms with Crippen LogP contribution in [-0.4, -0.2) is 58.5 Å². The molecule has 0 unspecified atom stereocenters. The second-order valence-electron chi connectivity index (χ2n) is 8.68. The Balaban J connectivity index is 1.40. The molecule has 0 saturated carbocycles. The fraction of sp³-hybridized carbons (Fsp3) is 0.360. The van der Waals surface area contributed by atoms with Crippen LogP contribution in [0.5, 0.6) is 0 Å². The molecule has 0 aliphatic carbocycles. The fourth-order valence-corrected chi connectivity index (χ4v) is 5.16. The summed E-state index contributed by atoms with van der Waals surface area (Å²) in [7, 11) is 0. The highest BCUT2D eigenvalue weighted by molar-refractivity contribution is 6.36. The van der Waals surface area contributed by atoms with Gasteiger partial charge in [-0.1, -0.05) is 30.3 Å². The van der Waals surface area contributed by atoms with Crippen molar-refractivity contribution < 1.29 is 9.18 Å². The molecule has 9 heteroatoms. The van der Waals surface area contributed by atoms with E-state index in [1.165, 1.54) is 0 Å². The van der Waals surface area contributed by atoms with Gasteiger partial charge in [0.05, 0.1) is 29.1 Å². The zero-order chi connectivity index (χ0) is 23.7. The monoisotopic (exact) mass is 480 g/mol. The maximum atomic E-state index is 13.4. The van der Waals surface area contributed by atoms with Crippen molar-refractivity contribution in [1.29, 1.82) is 0 Å². The molecule has 3 aromatic rings. The minimum Gasteiger partial charge on any atom is -0.363 e. The second-order valence-corrected chi connectivity index (χ2v) is 9.09. The Labute approximate surface area is 202 Å². The van der Waals surface area contributed by atoms with Crippen LogP contribution in [0.4, 0.5) is 15.9 Å². The Kier molecular flexibility index (Phi) is 6.32. The Morgan fingerprint density at radius 3 is 2.74 bits per heavy atom. The van der Waals surface area contributed by atoms with Gasteiger partial charge < -0.3 is 14.7 Å². The fourth-order valence-electron chi connectivity index (χ4n) is 4.88. The van der Waals surface area contributed by atoms with E-state index in [1.807, 2.05) is 30.6 Å². The summed E-state index contributed by atoms with van der Waals surface area (Å²) in [6.45, 7) is 7.01. The van der Waals surface area contributed by atoms with Crippen LogP contribution in [0.1, 0.15) is 24.1 Å². The number of amides is 1. The SMILES string of the molecule is C=C(F)C(=O)N1CCCCN(c2ncnc3c2CCN(c2cncc4cccc(Cl)c24)C3)CC1. The molecule has 1 saturated heterocycles. The molecule has 5 rings (SSSR count). The van der Waals surface area contributed by atoms with Crippen molar-refractivity contribution in [3.63, 3.8) is 0 Å². The lowest BCUT2D eigenvalue weighted by Gasteiger charge is -2.35. The van der Waals surface area contributed by atoms with E-state index in [-0.39, 0.29) is 0 Å². The summed E-state index contributed by atoms with van der Waals surface area (Å²) >= 11 is 6.55. The zero-order valence-electron chi connectivity index (χ0n) is 18.9. The third kappa shape index (κ3) is 4.30. The number of rotatable bonds is 3. The smallest absolute Gasteiger partial charge is 0.282 e. The standard InChI is InChI=1S/C25H26ClFN6O/c1-17(27)25(34)32-9-3-2-8-31(11-12-32)24-19-7-10-33(15-21(19)29-16-30-24)22-14-28-13-18-5-4-6-20(26)23(18)22/h4-6,13-14,16H,1-3,7-12,15H2. The average molecular weight is 481 g/mol. The number of carbonyl (C=O) groups excluding carboxylic acids is 1. The molecule has 34 heavy (non-hydrogen) atoms. The number of halogens is 2. The first kappa shape index (κ1) is 22.5. The molecule has 0 N–H and O–H groups in total. The Morgan fingerprint density at radius 2 is 1.88 bits per heavy atom. The van der Waals surface area contributed by atoms with Crippen LogP contribution in [0, 0.1) is 0 Å². The summed E-state index contributed by atoms with van der Waals surface area (Å²) in [5, 5.41) is 2.72. The van der Waals surface area contributed by atoms with Gasteiger partial charge in [0, 0.05) is 55.3 Å². The zero-order valence-corrected chi connectivity index (χ0v) is 19.6. The molecule has 0 radical (unpaired) electrons. The van der Waals surface area contributed by atoms with E-state index in [4.69, 9.17) is 11.6 Å². The number of anilines is 2. The van der Waals surface area contributed by atoms with E-state index in [0.29, 0.717) is 31.2 Å². The van der Waals surface area contributed by atoms with Crippen molar-refractivity contribution in [2.75, 3.05) is 42.5 Å². The van der Waals surface area contributed by atoms with Crippen molar-refractivity contribution in [2.45, 2.75) is 25.8 Å². The summed E-state index contributed by atoms with van der Waals surface area (Å²) in [6, 6.07) is 5.85. The topological polar surface area (TPSA) is 65.5 Å². The van der Waals surface area contributed by atoms with E-state index in [9.17, 15) is 9.18 Å². The quantitative estimate of drug-likeness (QED) is 0.525. The van der Waals surface area contributed by atoms with Crippen LogP contribution < -0.4 is 9.80 Å². The molecule has 0 spiro atoms. The van der Waals surface area contributed by atoms with Gasteiger partial charge in [0.25, 0.3) is 5.91 Å². The Morgan fingerprint density at radius 1 is 1.03 bits per heavy atom. The minimum atomic E-state index is -0.908. The predicted octanol–water partition coefficient (Wildman–Crippen LogP) is 4.15. The lowest BCUT2D eigenvalue weighted by atomic mass is 10.0. The average Bonchev–Trinajstić information content (AvgIpc) is 2.83. The van der Waals surface area contributed by atoms with Crippen LogP contribution in [-0.2, 0) is 17.8 Å². The number of hydrogen-bond donors (Lipinski definition) is 0. The van der Waals surface area contributed by atoms with Crippen LogP contribution in [0.3, 0.4) is 0 Å². The number of carbonyl (C=O) groups is 1. The number of pyridine rings is 1. The van der Waals surface area contributed by atoms with Gasteiger partial charge >= 0.3 is 0 Å². The second kappa shape index (κ2) is 9.54. The molecule has 0 atom stereocenters. The predicted molar refractivity (Wildman–Crippen MR) is 132 cm³/mol. The third-order valence-corrected chi connectivity index (χ3v) is 6.92. The first-order valence-corrected chi connectivity index (χ1v) is 11.9. The molecule has 2 aromatic heterocycles. The maximum Gasteiger partial charge on any atom is 0.282 e. The maximum absolute atomic E-state index is 13.4. The molecule has 1 aromatic carbocycles. The normalized spacial score (nSPS) is 16.7. The lowest BCUT2D eigenvalue weighted by Crippen LogP contribution is -2.43. The molecular weight excluding hydrogens is 455 g/mol. The highest BCUT2D eigenvalue weighted by Gasteiger charge is 2.27. The van der Waals surface area contributed by atoms with Crippen molar-refractivity contribution in [1.82, 2.24) is 19.9 Å². The van der Waals surface area contributed by atoms with E-state index in [2.05, 4.69) is 31.3 Å². The molecule has 1 fully saturated rings. The van der Waals surface area contributed by atoms with Gasteiger partial charge in [-0.2, -0.15) is 0 Å². The highest BCUT2D eigenvalue weighted by atomic mass is 35.5. The Hall–Kier alpha value is -3.26. The first-order valence-electron chi connectivity index (χ1n) is 11.5. The lowest BCUT2D eigenvalue weighted by molar-refractivity contribution is -0.128. The summed E-state index contributed by atoms with van der Waals surface area (Å²) in [4.78, 5) is 31.8. The van der Waals surface area contributed by atoms with Crippen LogP contribution in [0.15, 0.2) is 49.3 Å². The van der Waals surface area contributed by atoms with Crippen molar-refractivity contribution >= 4 is 39.8 Å². The molecule has 176 valence electrons. The summed E-state index contributed by atoms with van der Waals surface area (Å²) in [5.74, 6) is -0.619. The van der Waals surface area contributed by atoms with E-state index in [0.717, 1.165) is 65.9 Å². The van der Waals surface area contributed by atoms with Gasteiger partial charge in [0.15, 0.2) is 5.83 Å². The van der Waals surface area contributed by atoms with Crippen LogP contribution >= 0.6 is 11.6 Å². The van der Waals surface area contributed by atoms with Gasteiger partial charge in [0.2, 0.25) is 0 Å².